The normalized spacial score (nSPS) is 11.1. The molecule has 0 radical (unpaired) electrons. The Morgan fingerprint density at radius 3 is 1.92 bits per heavy atom. The Labute approximate surface area is 142 Å². The summed E-state index contributed by atoms with van der Waals surface area (Å²) in [6.07, 6.45) is 1.89. The van der Waals surface area contributed by atoms with E-state index in [0.29, 0.717) is 11.1 Å². The number of carbonyl (C=O) groups is 1. The number of ether oxygens (including phenoxy) is 1. The second kappa shape index (κ2) is 7.42. The van der Waals surface area contributed by atoms with Gasteiger partial charge in [-0.3, -0.25) is 4.79 Å². The van der Waals surface area contributed by atoms with Gasteiger partial charge in [-0.05, 0) is 17.7 Å². The molecule has 3 aromatic carbocycles. The fraction of sp³-hybridized carbons (Fsp3) is 0.0455. The third-order valence-electron chi connectivity index (χ3n) is 3.80. The van der Waals surface area contributed by atoms with Crippen molar-refractivity contribution in [1.82, 2.24) is 0 Å². The molecule has 3 aromatic rings. The third-order valence-corrected chi connectivity index (χ3v) is 3.80. The molecule has 0 fully saturated rings. The molecule has 0 aliphatic rings. The molecule has 0 unspecified atom stereocenters. The van der Waals surface area contributed by atoms with Crippen LogP contribution in [-0.4, -0.2) is 12.9 Å². The highest BCUT2D eigenvalue weighted by Crippen LogP contribution is 2.27. The Balaban J connectivity index is 2.13. The van der Waals surface area contributed by atoms with E-state index in [2.05, 4.69) is 0 Å². The van der Waals surface area contributed by atoms with Crippen LogP contribution in [0.3, 0.4) is 0 Å². The number of hydrogen-bond acceptors (Lipinski definition) is 2. The lowest BCUT2D eigenvalue weighted by atomic mass is 9.94. The first-order chi connectivity index (χ1) is 11.8. The van der Waals surface area contributed by atoms with E-state index in [4.69, 9.17) is 4.74 Å². The van der Waals surface area contributed by atoms with Gasteiger partial charge in [-0.1, -0.05) is 78.9 Å². The number of benzene rings is 3. The minimum Gasteiger partial charge on any atom is -0.496 e. The Morgan fingerprint density at radius 2 is 1.29 bits per heavy atom. The van der Waals surface area contributed by atoms with Crippen molar-refractivity contribution in [2.75, 3.05) is 7.11 Å². The van der Waals surface area contributed by atoms with Crippen molar-refractivity contribution < 1.29 is 9.53 Å². The average molecular weight is 314 g/mol. The van der Waals surface area contributed by atoms with Crippen LogP contribution >= 0.6 is 0 Å². The number of carbonyl (C=O) groups excluding carboxylic acids is 1. The summed E-state index contributed by atoms with van der Waals surface area (Å²) in [5.41, 5.74) is 3.08. The molecule has 0 aliphatic heterocycles. The first kappa shape index (κ1) is 15.8. The predicted molar refractivity (Wildman–Crippen MR) is 98.1 cm³/mol. The molecule has 0 heterocycles. The predicted octanol–water partition coefficient (Wildman–Crippen LogP) is 5.12. The molecule has 0 saturated heterocycles. The molecule has 0 spiro atoms. The molecule has 24 heavy (non-hydrogen) atoms. The van der Waals surface area contributed by atoms with E-state index in [0.717, 1.165) is 16.9 Å². The van der Waals surface area contributed by atoms with Gasteiger partial charge in [-0.15, -0.1) is 0 Å². The fourth-order valence-electron chi connectivity index (χ4n) is 2.58. The maximum atomic E-state index is 13.0. The second-order valence-electron chi connectivity index (χ2n) is 5.36. The fourth-order valence-corrected chi connectivity index (χ4v) is 2.58. The quantitative estimate of drug-likeness (QED) is 0.371. The number of allylic oxidation sites excluding steroid dienone is 1. The number of ketones is 1. The van der Waals surface area contributed by atoms with Crippen LogP contribution in [0.2, 0.25) is 0 Å². The number of hydrogen-bond donors (Lipinski definition) is 0. The van der Waals surface area contributed by atoms with Crippen LogP contribution in [0.1, 0.15) is 21.5 Å². The maximum absolute atomic E-state index is 13.0. The minimum absolute atomic E-state index is 0.00675. The van der Waals surface area contributed by atoms with Crippen LogP contribution in [0, 0.1) is 0 Å². The van der Waals surface area contributed by atoms with Crippen LogP contribution in [-0.2, 0) is 0 Å². The van der Waals surface area contributed by atoms with Gasteiger partial charge >= 0.3 is 0 Å². The van der Waals surface area contributed by atoms with Crippen molar-refractivity contribution in [3.8, 4) is 5.75 Å². The summed E-state index contributed by atoms with van der Waals surface area (Å²) in [7, 11) is 1.63. The first-order valence-electron chi connectivity index (χ1n) is 7.79. The number of methoxy groups -OCH3 is 1. The first-order valence-corrected chi connectivity index (χ1v) is 7.79. The minimum atomic E-state index is -0.00675. The van der Waals surface area contributed by atoms with Crippen molar-refractivity contribution in [2.45, 2.75) is 0 Å². The average Bonchev–Trinajstić information content (AvgIpc) is 2.67. The number of rotatable bonds is 5. The topological polar surface area (TPSA) is 26.3 Å². The summed E-state index contributed by atoms with van der Waals surface area (Å²) in [6.45, 7) is 0. The van der Waals surface area contributed by atoms with Gasteiger partial charge < -0.3 is 4.74 Å². The van der Waals surface area contributed by atoms with E-state index in [1.165, 1.54) is 0 Å². The van der Waals surface area contributed by atoms with Gasteiger partial charge in [0.05, 0.1) is 7.11 Å². The van der Waals surface area contributed by atoms with Crippen LogP contribution < -0.4 is 4.74 Å². The van der Waals surface area contributed by atoms with Crippen molar-refractivity contribution in [3.63, 3.8) is 0 Å². The second-order valence-corrected chi connectivity index (χ2v) is 5.36. The summed E-state index contributed by atoms with van der Waals surface area (Å²) in [4.78, 5) is 13.0. The summed E-state index contributed by atoms with van der Waals surface area (Å²) < 4.78 is 5.41. The summed E-state index contributed by atoms with van der Waals surface area (Å²) in [5.74, 6) is 0.736. The van der Waals surface area contributed by atoms with E-state index in [1.54, 1.807) is 7.11 Å². The van der Waals surface area contributed by atoms with Gasteiger partial charge in [0, 0.05) is 16.7 Å². The Kier molecular flexibility index (Phi) is 4.87. The summed E-state index contributed by atoms with van der Waals surface area (Å²) in [5, 5.41) is 0. The van der Waals surface area contributed by atoms with Crippen LogP contribution in [0.4, 0.5) is 0 Å². The van der Waals surface area contributed by atoms with Gasteiger partial charge in [0.1, 0.15) is 5.75 Å². The van der Waals surface area contributed by atoms with Crippen molar-refractivity contribution >= 4 is 17.4 Å². The zero-order valence-electron chi connectivity index (χ0n) is 13.5. The molecule has 0 amide bonds. The highest BCUT2D eigenvalue weighted by molar-refractivity contribution is 6.32. The lowest BCUT2D eigenvalue weighted by molar-refractivity contribution is 0.105. The summed E-state index contributed by atoms with van der Waals surface area (Å²) in [6, 6.07) is 26.7. The van der Waals surface area contributed by atoms with Crippen LogP contribution in [0.5, 0.6) is 5.75 Å². The Morgan fingerprint density at radius 1 is 0.750 bits per heavy atom. The maximum Gasteiger partial charge on any atom is 0.193 e. The standard InChI is InChI=1S/C22H18O2/c1-24-21-15-9-8-14-19(21)16-20(17-10-4-2-5-11-17)22(23)18-12-6-3-7-13-18/h2-16H,1H3/b20-16+. The zero-order chi connectivity index (χ0) is 16.8. The zero-order valence-corrected chi connectivity index (χ0v) is 13.5. The van der Waals surface area contributed by atoms with E-state index >= 15 is 0 Å². The molecule has 0 atom stereocenters. The highest BCUT2D eigenvalue weighted by Gasteiger charge is 2.15. The van der Waals surface area contributed by atoms with Crippen LogP contribution in [0.25, 0.3) is 11.6 Å². The largest absolute Gasteiger partial charge is 0.496 e. The molecule has 0 bridgehead atoms. The van der Waals surface area contributed by atoms with Gasteiger partial charge in [0.2, 0.25) is 0 Å². The molecule has 0 saturated carbocycles. The monoisotopic (exact) mass is 314 g/mol. The number of para-hydroxylation sites is 1. The lowest BCUT2D eigenvalue weighted by Gasteiger charge is -2.10. The molecular weight excluding hydrogens is 296 g/mol. The summed E-state index contributed by atoms with van der Waals surface area (Å²) >= 11 is 0. The number of Topliss-reactive ketones (excluding diaryl/α,β-unsaturated/α-hetero) is 1. The molecule has 2 heteroatoms. The van der Waals surface area contributed by atoms with Crippen molar-refractivity contribution in [1.29, 1.82) is 0 Å². The SMILES string of the molecule is COc1ccccc1/C=C(/C(=O)c1ccccc1)c1ccccc1. The highest BCUT2D eigenvalue weighted by atomic mass is 16.5. The van der Waals surface area contributed by atoms with Gasteiger partial charge in [-0.2, -0.15) is 0 Å². The van der Waals surface area contributed by atoms with E-state index < -0.39 is 0 Å². The smallest absolute Gasteiger partial charge is 0.193 e. The van der Waals surface area contributed by atoms with Crippen molar-refractivity contribution in [2.24, 2.45) is 0 Å². The van der Waals surface area contributed by atoms with Gasteiger partial charge in [0.15, 0.2) is 5.78 Å². The van der Waals surface area contributed by atoms with E-state index in [1.807, 2.05) is 91.0 Å². The van der Waals surface area contributed by atoms with Crippen molar-refractivity contribution in [3.05, 3.63) is 102 Å². The lowest BCUT2D eigenvalue weighted by Crippen LogP contribution is -2.03. The third kappa shape index (κ3) is 3.44. The molecule has 0 aliphatic carbocycles. The van der Waals surface area contributed by atoms with E-state index in [9.17, 15) is 4.79 Å². The van der Waals surface area contributed by atoms with Gasteiger partial charge in [0.25, 0.3) is 0 Å². The molecular formula is C22H18O2. The molecule has 3 rings (SSSR count). The van der Waals surface area contributed by atoms with Crippen LogP contribution in [0.15, 0.2) is 84.9 Å². The Bertz CT molecular complexity index is 849. The van der Waals surface area contributed by atoms with Gasteiger partial charge in [-0.25, -0.2) is 0 Å². The molecule has 118 valence electrons. The Hall–Kier alpha value is -3.13. The van der Waals surface area contributed by atoms with E-state index in [-0.39, 0.29) is 5.78 Å². The molecule has 0 aromatic heterocycles. The molecule has 2 nitrogen and oxygen atoms in total. The molecule has 0 N–H and O–H groups in total.